The van der Waals surface area contributed by atoms with E-state index in [1.54, 1.807) is 0 Å². The van der Waals surface area contributed by atoms with Gasteiger partial charge in [0.05, 0.1) is 0 Å². The summed E-state index contributed by atoms with van der Waals surface area (Å²) < 4.78 is 2.98. The van der Waals surface area contributed by atoms with Crippen LogP contribution in [-0.4, -0.2) is 14.5 Å². The van der Waals surface area contributed by atoms with Crippen LogP contribution >= 0.6 is 0 Å². The molecule has 9 aromatic rings. The molecule has 0 amide bonds. The molecule has 1 aromatic heterocycles. The van der Waals surface area contributed by atoms with Crippen LogP contribution in [0.15, 0.2) is 164 Å². The molecule has 2 heteroatoms. The summed E-state index contributed by atoms with van der Waals surface area (Å²) in [5.74, 6) is 0. The van der Waals surface area contributed by atoms with Crippen LogP contribution in [0.3, 0.4) is 0 Å². The zero-order valence-corrected chi connectivity index (χ0v) is 25.7. The van der Waals surface area contributed by atoms with Gasteiger partial charge in [0.15, 0.2) is 0 Å². The molecule has 8 aromatic carbocycles. The Morgan fingerprint density at radius 3 is 1.89 bits per heavy atom. The third-order valence-electron chi connectivity index (χ3n) is 8.81. The molecule has 206 valence electrons. The fraction of sp³-hybridized carbons (Fsp3) is 0. The third-order valence-corrected chi connectivity index (χ3v) is 11.3. The molecule has 44 heavy (non-hydrogen) atoms. The average molecular weight is 625 g/mol. The molecule has 0 aliphatic rings. The van der Waals surface area contributed by atoms with Gasteiger partial charge in [-0.1, -0.05) is 30.3 Å². The van der Waals surface area contributed by atoms with E-state index in [9.17, 15) is 0 Å². The fourth-order valence-corrected chi connectivity index (χ4v) is 9.31. The van der Waals surface area contributed by atoms with Gasteiger partial charge < -0.3 is 0 Å². The molecule has 0 saturated heterocycles. The van der Waals surface area contributed by atoms with Gasteiger partial charge in [-0.3, -0.25) is 0 Å². The molecule has 0 radical (unpaired) electrons. The van der Waals surface area contributed by atoms with Crippen molar-refractivity contribution in [1.82, 2.24) is 0 Å². The molecule has 1 heterocycles. The number of para-hydroxylation sites is 1. The van der Waals surface area contributed by atoms with Gasteiger partial charge >= 0.3 is 222 Å². The Kier molecular flexibility index (Phi) is 5.91. The summed E-state index contributed by atoms with van der Waals surface area (Å²) in [7, 11) is 0. The molecule has 0 N–H and O–H groups in total. The van der Waals surface area contributed by atoms with Crippen LogP contribution in [0.1, 0.15) is 0 Å². The van der Waals surface area contributed by atoms with E-state index in [-0.39, 0.29) is 14.5 Å². The zero-order chi connectivity index (χ0) is 29.0. The molecule has 0 unspecified atom stereocenters. The van der Waals surface area contributed by atoms with Crippen molar-refractivity contribution in [3.63, 3.8) is 0 Å². The molecule has 0 saturated carbocycles. The van der Waals surface area contributed by atoms with E-state index >= 15 is 0 Å². The molecular formula is C42H27NSe. The second kappa shape index (κ2) is 10.2. The molecule has 0 aliphatic heterocycles. The van der Waals surface area contributed by atoms with Crippen LogP contribution in [0, 0.1) is 0 Å². The molecule has 0 atom stereocenters. The van der Waals surface area contributed by atoms with E-state index in [0.717, 1.165) is 17.1 Å². The number of benzene rings is 8. The summed E-state index contributed by atoms with van der Waals surface area (Å²) >= 11 is 0.285. The van der Waals surface area contributed by atoms with Crippen molar-refractivity contribution in [2.45, 2.75) is 0 Å². The number of anilines is 3. The van der Waals surface area contributed by atoms with Crippen molar-refractivity contribution < 1.29 is 0 Å². The van der Waals surface area contributed by atoms with E-state index in [1.165, 1.54) is 62.7 Å². The number of fused-ring (bicyclic) bond motifs is 8. The Labute approximate surface area is 262 Å². The summed E-state index contributed by atoms with van der Waals surface area (Å²) in [5, 5.41) is 10.6. The van der Waals surface area contributed by atoms with Crippen molar-refractivity contribution in [1.29, 1.82) is 0 Å². The number of hydrogen-bond donors (Lipinski definition) is 0. The second-order valence-electron chi connectivity index (χ2n) is 11.4. The van der Waals surface area contributed by atoms with Gasteiger partial charge in [0.25, 0.3) is 0 Å². The monoisotopic (exact) mass is 625 g/mol. The van der Waals surface area contributed by atoms with Crippen molar-refractivity contribution in [2.24, 2.45) is 0 Å². The van der Waals surface area contributed by atoms with Gasteiger partial charge in [-0.25, -0.2) is 0 Å². The fourth-order valence-electron chi connectivity index (χ4n) is 6.64. The van der Waals surface area contributed by atoms with Crippen molar-refractivity contribution in [3.8, 4) is 11.1 Å². The molecule has 0 fully saturated rings. The van der Waals surface area contributed by atoms with Gasteiger partial charge in [0.2, 0.25) is 0 Å². The van der Waals surface area contributed by atoms with E-state index in [1.807, 2.05) is 0 Å². The van der Waals surface area contributed by atoms with Gasteiger partial charge in [0.1, 0.15) is 0 Å². The summed E-state index contributed by atoms with van der Waals surface area (Å²) in [4.78, 5) is 2.38. The van der Waals surface area contributed by atoms with E-state index in [4.69, 9.17) is 0 Å². The van der Waals surface area contributed by atoms with Crippen LogP contribution in [0.2, 0.25) is 0 Å². The Bertz CT molecular complexity index is 2490. The van der Waals surface area contributed by atoms with E-state index in [2.05, 4.69) is 169 Å². The van der Waals surface area contributed by atoms with Crippen molar-refractivity contribution in [2.75, 3.05) is 4.90 Å². The second-order valence-corrected chi connectivity index (χ2v) is 13.6. The third kappa shape index (κ3) is 4.15. The maximum absolute atomic E-state index is 2.40. The first-order valence-electron chi connectivity index (χ1n) is 15.0. The Morgan fingerprint density at radius 2 is 1.00 bits per heavy atom. The standard InChI is InChI=1S/C42H27NSe/c1-2-10-34(11-3-1)43(35-22-18-29(19-23-35)33-17-14-28-8-4-5-9-32(28)26-33)36-24-20-30-15-16-31-21-25-38-37-12-6-7-13-40(37)44-42(38)41(31)39(30)27-36/h1-27H. The Balaban J connectivity index is 1.22. The molecule has 0 bridgehead atoms. The van der Waals surface area contributed by atoms with Gasteiger partial charge in [-0.05, 0) is 10.8 Å². The van der Waals surface area contributed by atoms with Crippen molar-refractivity contribution >= 4 is 83.2 Å². The quantitative estimate of drug-likeness (QED) is 0.139. The summed E-state index contributed by atoms with van der Waals surface area (Å²) in [6, 6.07) is 60.1. The minimum absolute atomic E-state index is 0.285. The SMILES string of the molecule is c1ccc(N(c2ccc(-c3ccc4ccccc4c3)cc2)c2ccc3ccc4ccc5c6ccccc6[se]c5c4c3c2)cc1. The predicted molar refractivity (Wildman–Crippen MR) is 191 cm³/mol. The van der Waals surface area contributed by atoms with E-state index in [0.29, 0.717) is 0 Å². The van der Waals surface area contributed by atoms with Crippen LogP contribution in [0.25, 0.3) is 62.7 Å². The predicted octanol–water partition coefficient (Wildman–Crippen LogP) is 11.6. The van der Waals surface area contributed by atoms with Crippen LogP contribution in [-0.2, 0) is 0 Å². The number of rotatable bonds is 4. The van der Waals surface area contributed by atoms with Gasteiger partial charge in [-0.15, -0.1) is 0 Å². The summed E-state index contributed by atoms with van der Waals surface area (Å²) in [5.41, 5.74) is 5.90. The first kappa shape index (κ1) is 25.4. The topological polar surface area (TPSA) is 3.24 Å². The summed E-state index contributed by atoms with van der Waals surface area (Å²) in [6.07, 6.45) is 0. The Hall–Kier alpha value is -5.14. The normalized spacial score (nSPS) is 11.6. The molecule has 9 rings (SSSR count). The minimum atomic E-state index is 0.285. The molecule has 0 spiro atoms. The zero-order valence-electron chi connectivity index (χ0n) is 23.9. The van der Waals surface area contributed by atoms with Gasteiger partial charge in [0, 0.05) is 0 Å². The molecular weight excluding hydrogens is 597 g/mol. The first-order chi connectivity index (χ1) is 21.8. The van der Waals surface area contributed by atoms with Crippen molar-refractivity contribution in [3.05, 3.63) is 164 Å². The molecule has 1 nitrogen and oxygen atoms in total. The van der Waals surface area contributed by atoms with Gasteiger partial charge in [-0.2, -0.15) is 0 Å². The summed E-state index contributed by atoms with van der Waals surface area (Å²) in [6.45, 7) is 0. The van der Waals surface area contributed by atoms with E-state index < -0.39 is 0 Å². The van der Waals surface area contributed by atoms with Crippen LogP contribution < -0.4 is 4.90 Å². The molecule has 0 aliphatic carbocycles. The average Bonchev–Trinajstić information content (AvgIpc) is 3.48. The first-order valence-corrected chi connectivity index (χ1v) is 16.7. The number of hydrogen-bond acceptors (Lipinski definition) is 1. The van der Waals surface area contributed by atoms with Crippen LogP contribution in [0.5, 0.6) is 0 Å². The number of nitrogens with zero attached hydrogens (tertiary/aromatic N) is 1. The maximum atomic E-state index is 2.40. The van der Waals surface area contributed by atoms with Crippen LogP contribution in [0.4, 0.5) is 17.1 Å². The Morgan fingerprint density at radius 1 is 0.364 bits per heavy atom.